The van der Waals surface area contributed by atoms with Gasteiger partial charge in [-0.05, 0) is 57.2 Å². The van der Waals surface area contributed by atoms with Crippen molar-refractivity contribution in [2.45, 2.75) is 46.6 Å². The highest BCUT2D eigenvalue weighted by molar-refractivity contribution is 7.89. The summed E-state index contributed by atoms with van der Waals surface area (Å²) in [4.78, 5) is 12.5. The molecule has 1 fully saturated rings. The maximum absolute atomic E-state index is 12.5. The number of aryl methyl sites for hydroxylation is 2. The van der Waals surface area contributed by atoms with Gasteiger partial charge in [-0.15, -0.1) is 0 Å². The molecule has 24 heavy (non-hydrogen) atoms. The Bertz CT molecular complexity index is 692. The number of nitrogens with zero attached hydrogens (tertiary/aromatic N) is 1. The lowest BCUT2D eigenvalue weighted by molar-refractivity contribution is -0.126. The Labute approximate surface area is 145 Å². The number of hydrogen-bond donors (Lipinski definition) is 1. The van der Waals surface area contributed by atoms with Crippen molar-refractivity contribution in [1.29, 1.82) is 0 Å². The maximum atomic E-state index is 12.5. The molecule has 0 spiro atoms. The molecule has 1 atom stereocenters. The average Bonchev–Trinajstić information content (AvgIpc) is 2.57. The second kappa shape index (κ2) is 7.66. The van der Waals surface area contributed by atoms with Gasteiger partial charge in [0.2, 0.25) is 15.9 Å². The molecule has 1 N–H and O–H groups in total. The zero-order valence-electron chi connectivity index (χ0n) is 15.0. The largest absolute Gasteiger partial charge is 0.349 e. The molecule has 0 bridgehead atoms. The molecule has 6 heteroatoms. The van der Waals surface area contributed by atoms with E-state index in [2.05, 4.69) is 31.3 Å². The molecule has 1 aromatic rings. The zero-order chi connectivity index (χ0) is 17.9. The predicted octanol–water partition coefficient (Wildman–Crippen LogP) is 2.54. The number of carbonyl (C=O) groups is 1. The van der Waals surface area contributed by atoms with Gasteiger partial charge in [0.25, 0.3) is 0 Å². The molecule has 2 rings (SSSR count). The van der Waals surface area contributed by atoms with E-state index in [-0.39, 0.29) is 23.6 Å². The monoisotopic (exact) mass is 352 g/mol. The lowest BCUT2D eigenvalue weighted by atomic mass is 9.96. The van der Waals surface area contributed by atoms with E-state index in [0.29, 0.717) is 25.9 Å². The maximum Gasteiger partial charge on any atom is 0.223 e. The van der Waals surface area contributed by atoms with Crippen LogP contribution in [0.25, 0.3) is 0 Å². The number of nitrogens with one attached hydrogen (secondary N) is 1. The minimum atomic E-state index is -3.14. The molecule has 0 aliphatic carbocycles. The highest BCUT2D eigenvalue weighted by Gasteiger charge is 2.30. The molecule has 1 aromatic carbocycles. The van der Waals surface area contributed by atoms with Gasteiger partial charge in [0, 0.05) is 19.0 Å². The molecule has 1 amide bonds. The molecule has 1 aliphatic rings. The summed E-state index contributed by atoms with van der Waals surface area (Å²) < 4.78 is 25.3. The second-order valence-electron chi connectivity index (χ2n) is 6.65. The van der Waals surface area contributed by atoms with Crippen molar-refractivity contribution in [2.24, 2.45) is 5.92 Å². The van der Waals surface area contributed by atoms with Crippen LogP contribution in [0, 0.1) is 19.8 Å². The molecule has 0 radical (unpaired) electrons. The van der Waals surface area contributed by atoms with Crippen molar-refractivity contribution in [3.63, 3.8) is 0 Å². The first-order valence-electron chi connectivity index (χ1n) is 8.60. The smallest absolute Gasteiger partial charge is 0.223 e. The van der Waals surface area contributed by atoms with Crippen LogP contribution in [-0.4, -0.2) is 37.5 Å². The van der Waals surface area contributed by atoms with Crippen LogP contribution in [-0.2, 0) is 14.8 Å². The van der Waals surface area contributed by atoms with Crippen LogP contribution in [0.15, 0.2) is 18.2 Å². The summed E-state index contributed by atoms with van der Waals surface area (Å²) in [6.45, 7) is 8.65. The summed E-state index contributed by atoms with van der Waals surface area (Å²) >= 11 is 0. The van der Waals surface area contributed by atoms with Crippen LogP contribution in [0.3, 0.4) is 0 Å². The minimum Gasteiger partial charge on any atom is -0.349 e. The van der Waals surface area contributed by atoms with Gasteiger partial charge < -0.3 is 5.32 Å². The normalized spacial score (nSPS) is 18.3. The Morgan fingerprint density at radius 1 is 1.25 bits per heavy atom. The SMILES string of the molecule is CCS(=O)(=O)N1CCC(C(=O)NC(C)c2ccc(C)c(C)c2)CC1. The lowest BCUT2D eigenvalue weighted by Crippen LogP contribution is -2.43. The number of carbonyl (C=O) groups excluding carboxylic acids is 1. The van der Waals surface area contributed by atoms with Gasteiger partial charge in [-0.2, -0.15) is 0 Å². The topological polar surface area (TPSA) is 66.5 Å². The van der Waals surface area contributed by atoms with Gasteiger partial charge >= 0.3 is 0 Å². The number of benzene rings is 1. The van der Waals surface area contributed by atoms with Crippen molar-refractivity contribution < 1.29 is 13.2 Å². The van der Waals surface area contributed by atoms with E-state index in [1.165, 1.54) is 15.4 Å². The molecule has 134 valence electrons. The third-order valence-corrected chi connectivity index (χ3v) is 6.85. The molecule has 1 saturated heterocycles. The van der Waals surface area contributed by atoms with Crippen molar-refractivity contribution >= 4 is 15.9 Å². The van der Waals surface area contributed by atoms with Crippen LogP contribution in [0.4, 0.5) is 0 Å². The number of sulfonamides is 1. The van der Waals surface area contributed by atoms with Gasteiger partial charge in [0.15, 0.2) is 0 Å². The highest BCUT2D eigenvalue weighted by atomic mass is 32.2. The first-order valence-corrected chi connectivity index (χ1v) is 10.2. The van der Waals surface area contributed by atoms with Crippen LogP contribution < -0.4 is 5.32 Å². The summed E-state index contributed by atoms with van der Waals surface area (Å²) in [6, 6.07) is 6.18. The van der Waals surface area contributed by atoms with E-state index in [9.17, 15) is 13.2 Å². The first kappa shape index (κ1) is 18.9. The van der Waals surface area contributed by atoms with Gasteiger partial charge in [-0.25, -0.2) is 12.7 Å². The zero-order valence-corrected chi connectivity index (χ0v) is 15.8. The summed E-state index contributed by atoms with van der Waals surface area (Å²) in [5, 5.41) is 3.07. The summed E-state index contributed by atoms with van der Waals surface area (Å²) in [6.07, 6.45) is 1.18. The van der Waals surface area contributed by atoms with E-state index in [0.717, 1.165) is 5.56 Å². The van der Waals surface area contributed by atoms with Gasteiger partial charge in [-0.1, -0.05) is 18.2 Å². The first-order chi connectivity index (χ1) is 11.2. The third kappa shape index (κ3) is 4.36. The minimum absolute atomic E-state index is 0.0225. The Morgan fingerprint density at radius 2 is 1.88 bits per heavy atom. The lowest BCUT2D eigenvalue weighted by Gasteiger charge is -2.31. The average molecular weight is 353 g/mol. The standard InChI is InChI=1S/C18H28N2O3S/c1-5-24(22,23)20-10-8-16(9-11-20)18(21)19-15(4)17-7-6-13(2)14(3)12-17/h6-7,12,15-16H,5,8-11H2,1-4H3,(H,19,21). The van der Waals surface area contributed by atoms with Gasteiger partial charge in [0.1, 0.15) is 0 Å². The van der Waals surface area contributed by atoms with E-state index in [1.807, 2.05) is 13.0 Å². The van der Waals surface area contributed by atoms with Crippen LogP contribution >= 0.6 is 0 Å². The molecule has 0 saturated carbocycles. The Hall–Kier alpha value is -1.40. The molecular formula is C18H28N2O3S. The van der Waals surface area contributed by atoms with E-state index >= 15 is 0 Å². The fraction of sp³-hybridized carbons (Fsp3) is 0.611. The van der Waals surface area contributed by atoms with E-state index < -0.39 is 10.0 Å². The molecule has 0 aromatic heterocycles. The number of hydrogen-bond acceptors (Lipinski definition) is 3. The number of piperidine rings is 1. The molecule has 1 unspecified atom stereocenters. The molecule has 1 heterocycles. The van der Waals surface area contributed by atoms with Crippen molar-refractivity contribution in [3.05, 3.63) is 34.9 Å². The van der Waals surface area contributed by atoms with Crippen LogP contribution in [0.5, 0.6) is 0 Å². The van der Waals surface area contributed by atoms with Gasteiger partial charge in [-0.3, -0.25) is 4.79 Å². The summed E-state index contributed by atoms with van der Waals surface area (Å²) in [7, 11) is -3.14. The summed E-state index contributed by atoms with van der Waals surface area (Å²) in [5.74, 6) is 0.0322. The number of rotatable bonds is 5. The van der Waals surface area contributed by atoms with E-state index in [4.69, 9.17) is 0 Å². The van der Waals surface area contributed by atoms with Crippen molar-refractivity contribution in [3.8, 4) is 0 Å². The summed E-state index contributed by atoms with van der Waals surface area (Å²) in [5.41, 5.74) is 3.55. The fourth-order valence-electron chi connectivity index (χ4n) is 3.03. The Balaban J connectivity index is 1.92. The molecule has 5 nitrogen and oxygen atoms in total. The second-order valence-corrected chi connectivity index (χ2v) is 8.91. The van der Waals surface area contributed by atoms with Gasteiger partial charge in [0.05, 0.1) is 11.8 Å². The molecular weight excluding hydrogens is 324 g/mol. The van der Waals surface area contributed by atoms with E-state index in [1.54, 1.807) is 6.92 Å². The third-order valence-electron chi connectivity index (χ3n) is 4.97. The highest BCUT2D eigenvalue weighted by Crippen LogP contribution is 2.22. The van der Waals surface area contributed by atoms with Crippen LogP contribution in [0.2, 0.25) is 0 Å². The number of amides is 1. The van der Waals surface area contributed by atoms with Crippen molar-refractivity contribution in [2.75, 3.05) is 18.8 Å². The quantitative estimate of drug-likeness (QED) is 0.885. The molecule has 1 aliphatic heterocycles. The van der Waals surface area contributed by atoms with Crippen LogP contribution in [0.1, 0.15) is 49.4 Å². The predicted molar refractivity (Wildman–Crippen MR) is 96.2 cm³/mol. The van der Waals surface area contributed by atoms with Crippen molar-refractivity contribution in [1.82, 2.24) is 9.62 Å². The fourth-order valence-corrected chi connectivity index (χ4v) is 4.16. The Kier molecular flexibility index (Phi) is 6.04. The Morgan fingerprint density at radius 3 is 2.42 bits per heavy atom.